The van der Waals surface area contributed by atoms with E-state index in [9.17, 15) is 0 Å². The van der Waals surface area contributed by atoms with Crippen LogP contribution in [0.5, 0.6) is 5.75 Å². The molecule has 0 amide bonds. The second-order valence-electron chi connectivity index (χ2n) is 4.69. The molecule has 98 valence electrons. The molecule has 0 saturated carbocycles. The Kier molecular flexibility index (Phi) is 2.95. The molecule has 19 heavy (non-hydrogen) atoms. The third kappa shape index (κ3) is 2.45. The van der Waals surface area contributed by atoms with E-state index in [1.54, 1.807) is 6.20 Å². The zero-order chi connectivity index (χ0) is 13.2. The maximum atomic E-state index is 5.86. The Morgan fingerprint density at radius 1 is 1.42 bits per heavy atom. The van der Waals surface area contributed by atoms with Gasteiger partial charge in [0, 0.05) is 18.2 Å². The molecule has 1 aromatic carbocycles. The van der Waals surface area contributed by atoms with Crippen molar-refractivity contribution in [3.05, 3.63) is 41.6 Å². The normalized spacial score (nSPS) is 16.8. The minimum Gasteiger partial charge on any atom is -0.488 e. The second kappa shape index (κ2) is 4.76. The maximum Gasteiger partial charge on any atom is 0.221 e. The molecule has 1 aliphatic heterocycles. The average Bonchev–Trinajstić information content (AvgIpc) is 2.82. The first-order valence-electron chi connectivity index (χ1n) is 6.30. The van der Waals surface area contributed by atoms with Crippen molar-refractivity contribution in [2.45, 2.75) is 19.4 Å². The van der Waals surface area contributed by atoms with Crippen LogP contribution in [0.25, 0.3) is 0 Å². The number of nitrogens with zero attached hydrogens (tertiary/aromatic N) is 2. The molecule has 5 heteroatoms. The monoisotopic (exact) mass is 256 g/mol. The molecule has 1 aromatic heterocycles. The number of nitrogens with two attached hydrogens (primary N) is 1. The molecular formula is C14H16N4O. The standard InChI is InChI=1S/C14H16N4O/c1-9-7-17-14(15)18-13(9)16-8-11-6-10-4-2-3-5-12(10)19-11/h2-5,7,11H,6,8H2,1H3,(H3,15,16,17,18). The van der Waals surface area contributed by atoms with Crippen molar-refractivity contribution >= 4 is 11.8 Å². The number of fused-ring (bicyclic) bond motifs is 1. The lowest BCUT2D eigenvalue weighted by molar-refractivity contribution is 0.246. The van der Waals surface area contributed by atoms with Gasteiger partial charge in [-0.2, -0.15) is 4.98 Å². The van der Waals surface area contributed by atoms with Gasteiger partial charge in [-0.15, -0.1) is 0 Å². The molecule has 0 radical (unpaired) electrons. The van der Waals surface area contributed by atoms with Gasteiger partial charge in [-0.3, -0.25) is 0 Å². The summed E-state index contributed by atoms with van der Waals surface area (Å²) in [6, 6.07) is 8.13. The Balaban J connectivity index is 1.64. The van der Waals surface area contributed by atoms with Crippen LogP contribution in [0.1, 0.15) is 11.1 Å². The van der Waals surface area contributed by atoms with Crippen LogP contribution in [0.2, 0.25) is 0 Å². The molecule has 3 N–H and O–H groups in total. The largest absolute Gasteiger partial charge is 0.488 e. The van der Waals surface area contributed by atoms with Gasteiger partial charge in [0.2, 0.25) is 5.95 Å². The van der Waals surface area contributed by atoms with Crippen LogP contribution in [-0.2, 0) is 6.42 Å². The Bertz CT molecular complexity index is 575. The van der Waals surface area contributed by atoms with Gasteiger partial charge in [0.15, 0.2) is 0 Å². The summed E-state index contributed by atoms with van der Waals surface area (Å²) in [7, 11) is 0. The number of nitrogen functional groups attached to an aromatic ring is 1. The van der Waals surface area contributed by atoms with Crippen molar-refractivity contribution in [1.29, 1.82) is 0 Å². The molecule has 5 nitrogen and oxygen atoms in total. The maximum absolute atomic E-state index is 5.86. The van der Waals surface area contributed by atoms with Crippen LogP contribution in [0.15, 0.2) is 30.5 Å². The molecular weight excluding hydrogens is 240 g/mol. The highest BCUT2D eigenvalue weighted by atomic mass is 16.5. The van der Waals surface area contributed by atoms with E-state index in [0.717, 1.165) is 23.6 Å². The number of aromatic nitrogens is 2. The molecule has 1 atom stereocenters. The summed E-state index contributed by atoms with van der Waals surface area (Å²) in [5, 5.41) is 3.27. The van der Waals surface area contributed by atoms with Crippen molar-refractivity contribution < 1.29 is 4.74 Å². The first-order chi connectivity index (χ1) is 9.22. The average molecular weight is 256 g/mol. The summed E-state index contributed by atoms with van der Waals surface area (Å²) in [5.74, 6) is 2.03. The Morgan fingerprint density at radius 3 is 3.11 bits per heavy atom. The van der Waals surface area contributed by atoms with Crippen molar-refractivity contribution in [2.24, 2.45) is 0 Å². The van der Waals surface area contributed by atoms with E-state index in [1.165, 1.54) is 5.56 Å². The summed E-state index contributed by atoms with van der Waals surface area (Å²) >= 11 is 0. The van der Waals surface area contributed by atoms with E-state index < -0.39 is 0 Å². The third-order valence-electron chi connectivity index (χ3n) is 3.20. The van der Waals surface area contributed by atoms with Crippen molar-refractivity contribution in [2.75, 3.05) is 17.6 Å². The fraction of sp³-hybridized carbons (Fsp3) is 0.286. The zero-order valence-corrected chi connectivity index (χ0v) is 10.8. The number of rotatable bonds is 3. The molecule has 0 fully saturated rings. The minimum absolute atomic E-state index is 0.132. The first-order valence-corrected chi connectivity index (χ1v) is 6.30. The van der Waals surface area contributed by atoms with Crippen molar-refractivity contribution in [3.8, 4) is 5.75 Å². The summed E-state index contributed by atoms with van der Waals surface area (Å²) in [6.07, 6.45) is 2.77. The fourth-order valence-corrected chi connectivity index (χ4v) is 2.21. The number of anilines is 2. The van der Waals surface area contributed by atoms with Crippen LogP contribution in [0.4, 0.5) is 11.8 Å². The van der Waals surface area contributed by atoms with E-state index in [2.05, 4.69) is 21.4 Å². The predicted molar refractivity (Wildman–Crippen MR) is 74.2 cm³/mol. The molecule has 2 heterocycles. The SMILES string of the molecule is Cc1cnc(N)nc1NCC1Cc2ccccc2O1. The summed E-state index contributed by atoms with van der Waals surface area (Å²) in [4.78, 5) is 8.13. The van der Waals surface area contributed by atoms with Gasteiger partial charge in [-0.1, -0.05) is 18.2 Å². The van der Waals surface area contributed by atoms with Crippen LogP contribution >= 0.6 is 0 Å². The van der Waals surface area contributed by atoms with Gasteiger partial charge in [-0.25, -0.2) is 4.98 Å². The molecule has 3 rings (SSSR count). The number of aryl methyl sites for hydroxylation is 1. The van der Waals surface area contributed by atoms with E-state index in [-0.39, 0.29) is 12.1 Å². The lowest BCUT2D eigenvalue weighted by Crippen LogP contribution is -2.24. The van der Waals surface area contributed by atoms with Gasteiger partial charge >= 0.3 is 0 Å². The molecule has 1 unspecified atom stereocenters. The molecule has 1 aliphatic rings. The van der Waals surface area contributed by atoms with Crippen molar-refractivity contribution in [3.63, 3.8) is 0 Å². The number of hydrogen-bond acceptors (Lipinski definition) is 5. The lowest BCUT2D eigenvalue weighted by Gasteiger charge is -2.13. The van der Waals surface area contributed by atoms with Crippen LogP contribution < -0.4 is 15.8 Å². The van der Waals surface area contributed by atoms with Gasteiger partial charge in [-0.05, 0) is 18.6 Å². The zero-order valence-electron chi connectivity index (χ0n) is 10.8. The lowest BCUT2D eigenvalue weighted by atomic mass is 10.1. The van der Waals surface area contributed by atoms with Gasteiger partial charge < -0.3 is 15.8 Å². The summed E-state index contributed by atoms with van der Waals surface area (Å²) in [6.45, 7) is 2.65. The molecule has 0 aliphatic carbocycles. The van der Waals surface area contributed by atoms with Crippen molar-refractivity contribution in [1.82, 2.24) is 9.97 Å². The van der Waals surface area contributed by atoms with E-state index >= 15 is 0 Å². The summed E-state index contributed by atoms with van der Waals surface area (Å²) < 4.78 is 5.86. The second-order valence-corrected chi connectivity index (χ2v) is 4.69. The van der Waals surface area contributed by atoms with Gasteiger partial charge in [0.05, 0.1) is 6.54 Å². The predicted octanol–water partition coefficient (Wildman–Crippen LogP) is 1.78. The number of hydrogen-bond donors (Lipinski definition) is 2. The van der Waals surface area contributed by atoms with Crippen LogP contribution in [0.3, 0.4) is 0 Å². The van der Waals surface area contributed by atoms with E-state index in [1.807, 2.05) is 25.1 Å². The highest BCUT2D eigenvalue weighted by Gasteiger charge is 2.22. The topological polar surface area (TPSA) is 73.1 Å². The molecule has 0 saturated heterocycles. The minimum atomic E-state index is 0.132. The highest BCUT2D eigenvalue weighted by Crippen LogP contribution is 2.28. The van der Waals surface area contributed by atoms with Crippen LogP contribution in [-0.4, -0.2) is 22.6 Å². The van der Waals surface area contributed by atoms with Gasteiger partial charge in [0.1, 0.15) is 17.7 Å². The van der Waals surface area contributed by atoms with Crippen LogP contribution in [0, 0.1) is 6.92 Å². The molecule has 0 bridgehead atoms. The van der Waals surface area contributed by atoms with E-state index in [0.29, 0.717) is 6.54 Å². The Hall–Kier alpha value is -2.30. The number of ether oxygens (including phenoxy) is 1. The number of para-hydroxylation sites is 1. The fourth-order valence-electron chi connectivity index (χ4n) is 2.21. The van der Waals surface area contributed by atoms with E-state index in [4.69, 9.17) is 10.5 Å². The Morgan fingerprint density at radius 2 is 2.26 bits per heavy atom. The molecule has 2 aromatic rings. The first kappa shape index (κ1) is 11.8. The number of nitrogens with one attached hydrogen (secondary N) is 1. The molecule has 0 spiro atoms. The smallest absolute Gasteiger partial charge is 0.221 e. The highest BCUT2D eigenvalue weighted by molar-refractivity contribution is 5.45. The van der Waals surface area contributed by atoms with Gasteiger partial charge in [0.25, 0.3) is 0 Å². The third-order valence-corrected chi connectivity index (χ3v) is 3.20. The Labute approximate surface area is 111 Å². The summed E-state index contributed by atoms with van der Waals surface area (Å²) in [5.41, 5.74) is 7.82. The quantitative estimate of drug-likeness (QED) is 0.875. The number of benzene rings is 1.